The van der Waals surface area contributed by atoms with Gasteiger partial charge in [0.15, 0.2) is 11.7 Å². The van der Waals surface area contributed by atoms with Crippen molar-refractivity contribution >= 4 is 22.9 Å². The first-order chi connectivity index (χ1) is 18.4. The first-order valence-corrected chi connectivity index (χ1v) is 12.5. The Morgan fingerprint density at radius 3 is 2.37 bits per heavy atom. The number of aryl methyl sites for hydroxylation is 1. The normalized spacial score (nSPS) is 11.6. The lowest BCUT2D eigenvalue weighted by molar-refractivity contribution is 0.112. The smallest absolute Gasteiger partial charge is 0.196 e. The summed E-state index contributed by atoms with van der Waals surface area (Å²) in [7, 11) is 0. The van der Waals surface area contributed by atoms with E-state index in [1.54, 1.807) is 13.0 Å². The number of carbonyl (C=O) groups is 1. The van der Waals surface area contributed by atoms with Crippen LogP contribution in [0.2, 0.25) is 0 Å². The topological polar surface area (TPSA) is 59.3 Å². The van der Waals surface area contributed by atoms with Crippen molar-refractivity contribution in [3.8, 4) is 34.8 Å². The van der Waals surface area contributed by atoms with Crippen LogP contribution in [-0.4, -0.2) is 6.29 Å². The predicted molar refractivity (Wildman–Crippen MR) is 155 cm³/mol. The monoisotopic (exact) mass is 497 g/mol. The fourth-order valence-electron chi connectivity index (χ4n) is 4.81. The van der Waals surface area contributed by atoms with Crippen LogP contribution in [0.5, 0.6) is 0 Å². The number of nitrogens with one attached hydrogen (secondary N) is 1. The number of anilines is 1. The molecular formula is C34H27NO3. The number of para-hydroxylation sites is 1. The summed E-state index contributed by atoms with van der Waals surface area (Å²) < 4.78 is 6.51. The van der Waals surface area contributed by atoms with Gasteiger partial charge in [0.05, 0.1) is 11.4 Å². The number of fused-ring (bicyclic) bond motifs is 1. The van der Waals surface area contributed by atoms with E-state index in [2.05, 4.69) is 11.2 Å². The lowest BCUT2D eigenvalue weighted by Crippen LogP contribution is -2.13. The van der Waals surface area contributed by atoms with Gasteiger partial charge in [-0.15, -0.1) is 6.42 Å². The van der Waals surface area contributed by atoms with Crippen molar-refractivity contribution in [3.63, 3.8) is 0 Å². The van der Waals surface area contributed by atoms with Crippen molar-refractivity contribution in [2.24, 2.45) is 0 Å². The molecule has 0 amide bonds. The van der Waals surface area contributed by atoms with E-state index in [0.717, 1.165) is 45.4 Å². The molecule has 4 aromatic carbocycles. The Labute approximate surface area is 222 Å². The van der Waals surface area contributed by atoms with Crippen molar-refractivity contribution in [3.05, 3.63) is 123 Å². The average molecular weight is 498 g/mol. The van der Waals surface area contributed by atoms with E-state index in [4.69, 9.17) is 10.8 Å². The number of benzene rings is 4. The van der Waals surface area contributed by atoms with Gasteiger partial charge in [-0.2, -0.15) is 0 Å². The summed E-state index contributed by atoms with van der Waals surface area (Å²) in [5, 5.41) is 3.96. The molecule has 5 rings (SSSR count). The molecule has 0 saturated carbocycles. The second-order valence-electron chi connectivity index (χ2n) is 9.49. The second-order valence-corrected chi connectivity index (χ2v) is 9.49. The van der Waals surface area contributed by atoms with Gasteiger partial charge < -0.3 is 9.73 Å². The van der Waals surface area contributed by atoms with Gasteiger partial charge >= 0.3 is 0 Å². The summed E-state index contributed by atoms with van der Waals surface area (Å²) in [6.45, 7) is 5.76. The molecule has 1 atom stereocenters. The van der Waals surface area contributed by atoms with Crippen molar-refractivity contribution in [2.45, 2.75) is 26.8 Å². The summed E-state index contributed by atoms with van der Waals surface area (Å²) in [6, 6.07) is 26.8. The van der Waals surface area contributed by atoms with Gasteiger partial charge in [0.25, 0.3) is 0 Å². The highest BCUT2D eigenvalue weighted by Crippen LogP contribution is 2.33. The van der Waals surface area contributed by atoms with Gasteiger partial charge in [0.2, 0.25) is 0 Å². The Hall–Kier alpha value is -4.88. The van der Waals surface area contributed by atoms with Crippen molar-refractivity contribution in [1.29, 1.82) is 0 Å². The van der Waals surface area contributed by atoms with Crippen LogP contribution in [0.3, 0.4) is 0 Å². The Balaban J connectivity index is 1.60. The number of terminal acetylenes is 1. The van der Waals surface area contributed by atoms with Crippen LogP contribution in [0.15, 0.2) is 94.1 Å². The Morgan fingerprint density at radius 1 is 0.895 bits per heavy atom. The van der Waals surface area contributed by atoms with Crippen LogP contribution >= 0.6 is 0 Å². The zero-order chi connectivity index (χ0) is 26.8. The third-order valence-electron chi connectivity index (χ3n) is 6.83. The van der Waals surface area contributed by atoms with Crippen molar-refractivity contribution in [2.75, 3.05) is 5.32 Å². The number of aldehydes is 1. The minimum atomic E-state index is -0.219. The summed E-state index contributed by atoms with van der Waals surface area (Å²) >= 11 is 0. The number of carbonyl (C=O) groups excluding carboxylic acids is 1. The predicted octanol–water partition coefficient (Wildman–Crippen LogP) is 7.71. The molecule has 186 valence electrons. The minimum Gasteiger partial charge on any atom is -0.455 e. The lowest BCUT2D eigenvalue weighted by Gasteiger charge is -2.19. The highest BCUT2D eigenvalue weighted by atomic mass is 16.3. The van der Waals surface area contributed by atoms with E-state index in [1.807, 2.05) is 92.7 Å². The van der Waals surface area contributed by atoms with E-state index >= 15 is 0 Å². The van der Waals surface area contributed by atoms with E-state index in [0.29, 0.717) is 27.9 Å². The molecule has 0 radical (unpaired) electrons. The molecule has 0 spiro atoms. The van der Waals surface area contributed by atoms with Gasteiger partial charge in [0, 0.05) is 33.5 Å². The van der Waals surface area contributed by atoms with Crippen LogP contribution in [0.25, 0.3) is 33.4 Å². The first kappa shape index (κ1) is 24.8. The molecule has 0 aliphatic carbocycles. The van der Waals surface area contributed by atoms with Crippen LogP contribution < -0.4 is 10.7 Å². The number of hydrogen-bond donors (Lipinski definition) is 1. The van der Waals surface area contributed by atoms with E-state index in [-0.39, 0.29) is 11.5 Å². The van der Waals surface area contributed by atoms with Gasteiger partial charge in [-0.25, -0.2) is 0 Å². The molecule has 0 fully saturated rings. The van der Waals surface area contributed by atoms with Gasteiger partial charge in [-0.05, 0) is 67.8 Å². The van der Waals surface area contributed by atoms with E-state index < -0.39 is 0 Å². The third kappa shape index (κ3) is 4.63. The molecule has 38 heavy (non-hydrogen) atoms. The summed E-state index contributed by atoms with van der Waals surface area (Å²) in [5.74, 6) is 3.21. The molecule has 0 saturated heterocycles. The fraction of sp³-hybridized carbons (Fsp3) is 0.118. The number of rotatable bonds is 6. The zero-order valence-corrected chi connectivity index (χ0v) is 21.5. The maximum Gasteiger partial charge on any atom is 0.196 e. The molecule has 1 unspecified atom stereocenters. The summed E-state index contributed by atoms with van der Waals surface area (Å²) in [6.07, 6.45) is 6.39. The van der Waals surface area contributed by atoms with Crippen molar-refractivity contribution < 1.29 is 9.21 Å². The lowest BCUT2D eigenvalue weighted by atomic mass is 9.97. The second kappa shape index (κ2) is 10.2. The Bertz CT molecular complexity index is 1770. The third-order valence-corrected chi connectivity index (χ3v) is 6.83. The fourth-order valence-corrected chi connectivity index (χ4v) is 4.81. The van der Waals surface area contributed by atoms with E-state index in [9.17, 15) is 9.59 Å². The van der Waals surface area contributed by atoms with Crippen LogP contribution in [0.4, 0.5) is 5.69 Å². The molecule has 4 heteroatoms. The molecule has 1 aromatic heterocycles. The summed E-state index contributed by atoms with van der Waals surface area (Å²) in [4.78, 5) is 25.1. The number of hydrogen-bond acceptors (Lipinski definition) is 4. The zero-order valence-electron chi connectivity index (χ0n) is 21.5. The van der Waals surface area contributed by atoms with Gasteiger partial charge in [-0.1, -0.05) is 60.5 Å². The SMILES string of the molecule is C#Cc1cccc(-c2ccc(-c3oc4c(C(C)Nc5ccccc5C=O)cc(C)cc4c(=O)c3C)cc2)c1. The average Bonchev–Trinajstić information content (AvgIpc) is 2.95. The molecule has 0 aliphatic heterocycles. The molecule has 4 nitrogen and oxygen atoms in total. The maximum absolute atomic E-state index is 13.5. The van der Waals surface area contributed by atoms with Crippen LogP contribution in [-0.2, 0) is 0 Å². The van der Waals surface area contributed by atoms with Gasteiger partial charge in [-0.3, -0.25) is 9.59 Å². The van der Waals surface area contributed by atoms with Crippen LogP contribution in [0, 0.1) is 26.2 Å². The van der Waals surface area contributed by atoms with E-state index in [1.165, 1.54) is 0 Å². The van der Waals surface area contributed by atoms with Crippen molar-refractivity contribution in [1.82, 2.24) is 0 Å². The highest BCUT2D eigenvalue weighted by molar-refractivity contribution is 5.86. The van der Waals surface area contributed by atoms with Gasteiger partial charge in [0.1, 0.15) is 11.3 Å². The molecule has 1 N–H and O–H groups in total. The molecular weight excluding hydrogens is 470 g/mol. The molecule has 0 aliphatic rings. The molecule has 1 heterocycles. The molecule has 0 bridgehead atoms. The largest absolute Gasteiger partial charge is 0.455 e. The molecule has 5 aromatic rings. The highest BCUT2D eigenvalue weighted by Gasteiger charge is 2.19. The first-order valence-electron chi connectivity index (χ1n) is 12.5. The quantitative estimate of drug-likeness (QED) is 0.193. The maximum atomic E-state index is 13.5. The summed E-state index contributed by atoms with van der Waals surface area (Å²) in [5.41, 5.74) is 7.83. The Morgan fingerprint density at radius 2 is 1.63 bits per heavy atom. The standard InChI is InChI=1S/C34H27NO3/c1-5-24-9-8-11-27(19-24)25-13-15-26(16-14-25)33-22(3)32(37)30-18-21(2)17-29(34(30)38-33)23(4)35-31-12-7-6-10-28(31)20-36/h1,6-20,23,35H,2-4H3. The minimum absolute atomic E-state index is 0.0579. The Kier molecular flexibility index (Phi) is 6.68. The van der Waals surface area contributed by atoms with Crippen LogP contribution in [0.1, 0.15) is 45.6 Å².